The molecule has 10 nitrogen and oxygen atoms in total. The van der Waals surface area contributed by atoms with Crippen molar-refractivity contribution in [2.75, 3.05) is 20.1 Å². The molecule has 1 aliphatic rings. The van der Waals surface area contributed by atoms with Gasteiger partial charge in [0.25, 0.3) is 0 Å². The van der Waals surface area contributed by atoms with E-state index < -0.39 is 64.0 Å². The Balaban J connectivity index is 2.05. The number of carboxylic acids is 1. The lowest BCUT2D eigenvalue weighted by atomic mass is 9.85. The largest absolute Gasteiger partial charge is 0.507 e. The van der Waals surface area contributed by atoms with E-state index >= 15 is 0 Å². The number of esters is 2. The van der Waals surface area contributed by atoms with E-state index in [1.807, 2.05) is 0 Å². The fraction of sp³-hybridized carbons (Fsp3) is 0.308. The third-order valence-corrected chi connectivity index (χ3v) is 7.04. The molecule has 218 valence electrons. The summed E-state index contributed by atoms with van der Waals surface area (Å²) in [5, 5.41) is 19.0. The van der Waals surface area contributed by atoms with E-state index in [1.54, 1.807) is 11.9 Å². The lowest BCUT2D eigenvalue weighted by Gasteiger charge is -2.36. The molecule has 1 fully saturated rings. The predicted molar refractivity (Wildman–Crippen MR) is 139 cm³/mol. The number of halogens is 5. The number of carboxylic acid groups (broad SMARTS) is 1. The molecular weight excluding hydrogens is 598 g/mol. The number of likely N-dealkylation sites (N-methyl/N-ethyl adjacent to an activating group) is 1. The fourth-order valence-corrected chi connectivity index (χ4v) is 5.17. The standard InChI is InChI=1S/C26H20Cl2F3NO9/c1-10(33)39-20-9-32(2)4-3-11(20)21-19(41-25(38)26(29,30)31)8-17(35)22-16(34)7-18(40-23(21)22)12-5-15(28)13(24(36)37)6-14(12)27/h5-8,11,20,35H,3-4,9H2,1-2H3,(H,36,37)/t11-,20+/m0/s1. The zero-order valence-corrected chi connectivity index (χ0v) is 22.7. The maximum Gasteiger partial charge on any atom is 0.491 e. The second kappa shape index (κ2) is 11.2. The van der Waals surface area contributed by atoms with Crippen LogP contribution in [0.25, 0.3) is 22.3 Å². The Morgan fingerprint density at radius 1 is 1.12 bits per heavy atom. The van der Waals surface area contributed by atoms with Crippen molar-refractivity contribution in [3.05, 3.63) is 55.7 Å². The van der Waals surface area contributed by atoms with E-state index in [0.29, 0.717) is 12.6 Å². The molecular formula is C26H20Cl2F3NO9. The number of alkyl halides is 3. The van der Waals surface area contributed by atoms with Crippen molar-refractivity contribution in [3.8, 4) is 22.8 Å². The minimum atomic E-state index is -5.41. The van der Waals surface area contributed by atoms with Crippen LogP contribution in [-0.4, -0.2) is 65.4 Å². The Bertz CT molecular complexity index is 1640. The average Bonchev–Trinajstić information content (AvgIpc) is 2.84. The Labute approximate surface area is 238 Å². The van der Waals surface area contributed by atoms with Gasteiger partial charge in [-0.25, -0.2) is 9.59 Å². The molecule has 0 amide bonds. The van der Waals surface area contributed by atoms with Gasteiger partial charge in [0.2, 0.25) is 0 Å². The highest BCUT2D eigenvalue weighted by Gasteiger charge is 2.43. The molecule has 15 heteroatoms. The van der Waals surface area contributed by atoms with Gasteiger partial charge in [-0.2, -0.15) is 13.2 Å². The van der Waals surface area contributed by atoms with Gasteiger partial charge < -0.3 is 29.0 Å². The maximum atomic E-state index is 13.2. The van der Waals surface area contributed by atoms with Gasteiger partial charge >= 0.3 is 24.1 Å². The number of benzene rings is 2. The van der Waals surface area contributed by atoms with Crippen LogP contribution in [0.2, 0.25) is 10.0 Å². The molecule has 0 saturated carbocycles. The Morgan fingerprint density at radius 2 is 1.80 bits per heavy atom. The quantitative estimate of drug-likeness (QED) is 0.297. The lowest BCUT2D eigenvalue weighted by molar-refractivity contribution is -0.189. The third-order valence-electron chi connectivity index (χ3n) is 6.42. The van der Waals surface area contributed by atoms with Crippen LogP contribution in [0.5, 0.6) is 11.5 Å². The Hall–Kier alpha value is -3.81. The van der Waals surface area contributed by atoms with Crippen molar-refractivity contribution in [1.82, 2.24) is 4.90 Å². The second-order valence-corrected chi connectivity index (χ2v) is 10.1. The molecule has 41 heavy (non-hydrogen) atoms. The summed E-state index contributed by atoms with van der Waals surface area (Å²) in [6.45, 7) is 1.62. The molecule has 2 N–H and O–H groups in total. The SMILES string of the molecule is CC(=O)O[C@@H]1CN(C)CC[C@@H]1c1c(OC(=O)C(F)(F)F)cc(O)c2c(=O)cc(-c3cc(Cl)c(C(=O)O)cc3Cl)oc12. The number of hydrogen-bond donors (Lipinski definition) is 2. The summed E-state index contributed by atoms with van der Waals surface area (Å²) in [6.07, 6.45) is -6.24. The van der Waals surface area contributed by atoms with Gasteiger partial charge in [-0.15, -0.1) is 0 Å². The molecule has 1 saturated heterocycles. The molecule has 1 aromatic heterocycles. The highest BCUT2D eigenvalue weighted by molar-refractivity contribution is 6.37. The molecule has 2 aromatic carbocycles. The molecule has 4 rings (SSSR count). The van der Waals surface area contributed by atoms with Crippen LogP contribution in [-0.2, 0) is 14.3 Å². The molecule has 0 aliphatic carbocycles. The number of hydrogen-bond acceptors (Lipinski definition) is 9. The number of phenolic OH excluding ortho intramolecular Hbond substituents is 1. The highest BCUT2D eigenvalue weighted by Crippen LogP contribution is 2.45. The fourth-order valence-electron chi connectivity index (χ4n) is 4.67. The number of aromatic hydroxyl groups is 1. The van der Waals surface area contributed by atoms with Crippen LogP contribution in [0.1, 0.15) is 35.2 Å². The van der Waals surface area contributed by atoms with Gasteiger partial charge in [-0.1, -0.05) is 23.2 Å². The summed E-state index contributed by atoms with van der Waals surface area (Å²) in [4.78, 5) is 50.2. The summed E-state index contributed by atoms with van der Waals surface area (Å²) >= 11 is 12.3. The van der Waals surface area contributed by atoms with Crippen molar-refractivity contribution in [2.45, 2.75) is 31.5 Å². The van der Waals surface area contributed by atoms with E-state index in [0.717, 1.165) is 25.1 Å². The molecule has 0 spiro atoms. The van der Waals surface area contributed by atoms with Gasteiger partial charge in [-0.3, -0.25) is 9.59 Å². The van der Waals surface area contributed by atoms with Crippen LogP contribution >= 0.6 is 23.2 Å². The van der Waals surface area contributed by atoms with Crippen LogP contribution in [0.15, 0.2) is 33.5 Å². The number of rotatable bonds is 5. The van der Waals surface area contributed by atoms with E-state index in [1.165, 1.54) is 0 Å². The zero-order chi connectivity index (χ0) is 30.4. The number of likely N-dealkylation sites (tertiary alicyclic amines) is 1. The number of nitrogens with zero attached hydrogens (tertiary/aromatic N) is 1. The zero-order valence-electron chi connectivity index (χ0n) is 21.2. The van der Waals surface area contributed by atoms with E-state index in [2.05, 4.69) is 4.74 Å². The second-order valence-electron chi connectivity index (χ2n) is 9.30. The summed E-state index contributed by atoms with van der Waals surface area (Å²) < 4.78 is 55.6. The first-order chi connectivity index (χ1) is 19.1. The van der Waals surface area contributed by atoms with Gasteiger partial charge in [0.05, 0.1) is 15.6 Å². The number of fused-ring (bicyclic) bond motifs is 1. The molecule has 0 unspecified atom stereocenters. The van der Waals surface area contributed by atoms with Gasteiger partial charge in [-0.05, 0) is 32.1 Å². The van der Waals surface area contributed by atoms with Gasteiger partial charge in [0, 0.05) is 42.6 Å². The normalized spacial score (nSPS) is 17.8. The van der Waals surface area contributed by atoms with Crippen molar-refractivity contribution in [2.24, 2.45) is 0 Å². The number of piperidine rings is 1. The summed E-state index contributed by atoms with van der Waals surface area (Å²) in [6, 6.07) is 3.73. The van der Waals surface area contributed by atoms with E-state index in [-0.39, 0.29) is 45.5 Å². The summed E-state index contributed by atoms with van der Waals surface area (Å²) in [5.74, 6) is -7.55. The highest BCUT2D eigenvalue weighted by atomic mass is 35.5. The number of carbonyl (C=O) groups excluding carboxylic acids is 2. The topological polar surface area (TPSA) is 144 Å². The Kier molecular flexibility index (Phi) is 8.25. The first-order valence-electron chi connectivity index (χ1n) is 11.8. The minimum Gasteiger partial charge on any atom is -0.507 e. The number of ether oxygens (including phenoxy) is 2. The third kappa shape index (κ3) is 6.11. The first-order valence-corrected chi connectivity index (χ1v) is 12.5. The maximum absolute atomic E-state index is 13.2. The van der Waals surface area contributed by atoms with Crippen LogP contribution in [0.3, 0.4) is 0 Å². The van der Waals surface area contributed by atoms with Crippen LogP contribution in [0.4, 0.5) is 13.2 Å². The summed E-state index contributed by atoms with van der Waals surface area (Å²) in [7, 11) is 1.72. The first kappa shape index (κ1) is 30.2. The van der Waals surface area contributed by atoms with Gasteiger partial charge in [0.15, 0.2) is 5.43 Å². The smallest absolute Gasteiger partial charge is 0.491 e. The molecule has 2 heterocycles. The number of phenols is 1. The van der Waals surface area contributed by atoms with Crippen molar-refractivity contribution in [3.63, 3.8) is 0 Å². The molecule has 3 aromatic rings. The molecule has 2 atom stereocenters. The van der Waals surface area contributed by atoms with Crippen molar-refractivity contribution in [1.29, 1.82) is 0 Å². The molecule has 0 bridgehead atoms. The molecule has 0 radical (unpaired) electrons. The predicted octanol–water partition coefficient (Wildman–Crippen LogP) is 4.99. The van der Waals surface area contributed by atoms with Crippen molar-refractivity contribution >= 4 is 52.1 Å². The van der Waals surface area contributed by atoms with E-state index in [9.17, 15) is 42.6 Å². The minimum absolute atomic E-state index is 0.0521. The van der Waals surface area contributed by atoms with E-state index in [4.69, 9.17) is 32.4 Å². The van der Waals surface area contributed by atoms with Crippen LogP contribution in [0, 0.1) is 0 Å². The Morgan fingerprint density at radius 3 is 2.41 bits per heavy atom. The average molecular weight is 618 g/mol. The number of aromatic carboxylic acids is 1. The van der Waals surface area contributed by atoms with Crippen molar-refractivity contribution < 1.29 is 51.7 Å². The molecule has 1 aliphatic heterocycles. The van der Waals surface area contributed by atoms with Gasteiger partial charge in [0.1, 0.15) is 34.3 Å². The number of carbonyl (C=O) groups is 3. The van der Waals surface area contributed by atoms with Crippen LogP contribution < -0.4 is 10.2 Å². The summed E-state index contributed by atoms with van der Waals surface area (Å²) in [5.41, 5.74) is -1.96. The lowest BCUT2D eigenvalue weighted by Crippen LogP contribution is -2.43. The monoisotopic (exact) mass is 617 g/mol.